The van der Waals surface area contributed by atoms with E-state index in [1.54, 1.807) is 44.7 Å². The number of benzene rings is 3. The topological polar surface area (TPSA) is 48.3 Å². The number of halogens is 3. The van der Waals surface area contributed by atoms with Gasteiger partial charge in [-0.25, -0.2) is 13.8 Å². The van der Waals surface area contributed by atoms with Gasteiger partial charge in [0, 0.05) is 33.8 Å². The molecule has 9 heteroatoms. The molecule has 1 N–H and O–H groups in total. The van der Waals surface area contributed by atoms with Crippen LogP contribution in [0.5, 0.6) is 11.5 Å². The Morgan fingerprint density at radius 2 is 1.76 bits per heavy atom. The lowest BCUT2D eigenvalue weighted by Crippen LogP contribution is -2.07. The highest BCUT2D eigenvalue weighted by molar-refractivity contribution is 7.98. The van der Waals surface area contributed by atoms with Gasteiger partial charge in [0.15, 0.2) is 16.7 Å². The SMILES string of the molecule is COc1ccc(NCc2cnc(SCc3c(F)cccc3Cl)n2-c2ccc(F)cc2)cc1OC. The number of nitrogens with one attached hydrogen (secondary N) is 1. The molecule has 1 aromatic heterocycles. The Bertz CT molecular complexity index is 1260. The number of thioether (sulfide) groups is 1. The minimum absolute atomic E-state index is 0.298. The van der Waals surface area contributed by atoms with Gasteiger partial charge in [-0.15, -0.1) is 0 Å². The summed E-state index contributed by atoms with van der Waals surface area (Å²) in [7, 11) is 3.16. The number of hydrogen-bond acceptors (Lipinski definition) is 5. The first kappa shape index (κ1) is 23.9. The molecule has 0 amide bonds. The predicted molar refractivity (Wildman–Crippen MR) is 131 cm³/mol. The Morgan fingerprint density at radius 1 is 1.00 bits per heavy atom. The maximum absolute atomic E-state index is 14.3. The first-order chi connectivity index (χ1) is 16.5. The molecule has 0 saturated heterocycles. The molecule has 0 bridgehead atoms. The summed E-state index contributed by atoms with van der Waals surface area (Å²) in [5, 5.41) is 4.35. The van der Waals surface area contributed by atoms with Crippen molar-refractivity contribution in [2.24, 2.45) is 0 Å². The third-order valence-electron chi connectivity index (χ3n) is 5.15. The van der Waals surface area contributed by atoms with Crippen molar-refractivity contribution in [3.05, 3.63) is 94.8 Å². The molecule has 34 heavy (non-hydrogen) atoms. The highest BCUT2D eigenvalue weighted by atomic mass is 35.5. The normalized spacial score (nSPS) is 10.9. The third-order valence-corrected chi connectivity index (χ3v) is 6.49. The van der Waals surface area contributed by atoms with Crippen LogP contribution in [0.2, 0.25) is 5.02 Å². The van der Waals surface area contributed by atoms with Crippen molar-refractivity contribution in [3.8, 4) is 17.2 Å². The summed E-state index contributed by atoms with van der Waals surface area (Å²) >= 11 is 7.54. The van der Waals surface area contributed by atoms with Gasteiger partial charge in [-0.05, 0) is 48.5 Å². The van der Waals surface area contributed by atoms with E-state index in [4.69, 9.17) is 21.1 Å². The summed E-state index contributed by atoms with van der Waals surface area (Å²) < 4.78 is 40.4. The van der Waals surface area contributed by atoms with Crippen molar-refractivity contribution in [1.29, 1.82) is 0 Å². The van der Waals surface area contributed by atoms with E-state index in [9.17, 15) is 8.78 Å². The van der Waals surface area contributed by atoms with Crippen LogP contribution in [0.15, 0.2) is 72.0 Å². The van der Waals surface area contributed by atoms with E-state index in [1.165, 1.54) is 30.0 Å². The summed E-state index contributed by atoms with van der Waals surface area (Å²) in [5.41, 5.74) is 2.82. The zero-order valence-electron chi connectivity index (χ0n) is 18.5. The fraction of sp³-hybridized carbons (Fsp3) is 0.160. The van der Waals surface area contributed by atoms with Gasteiger partial charge >= 0.3 is 0 Å². The van der Waals surface area contributed by atoms with Gasteiger partial charge in [-0.3, -0.25) is 4.57 Å². The van der Waals surface area contributed by atoms with Crippen LogP contribution in [-0.2, 0) is 12.3 Å². The largest absolute Gasteiger partial charge is 0.493 e. The van der Waals surface area contributed by atoms with E-state index < -0.39 is 0 Å². The number of methoxy groups -OCH3 is 2. The summed E-state index contributed by atoms with van der Waals surface area (Å²) in [6.07, 6.45) is 1.74. The molecule has 3 aromatic carbocycles. The molecule has 0 aliphatic carbocycles. The average Bonchev–Trinajstić information content (AvgIpc) is 3.25. The molecule has 1 heterocycles. The van der Waals surface area contributed by atoms with Gasteiger partial charge in [-0.1, -0.05) is 29.4 Å². The Balaban J connectivity index is 1.61. The number of hydrogen-bond donors (Lipinski definition) is 1. The Labute approximate surface area is 205 Å². The second kappa shape index (κ2) is 10.8. The molecule has 0 spiro atoms. The summed E-state index contributed by atoms with van der Waals surface area (Å²) in [4.78, 5) is 4.54. The molecule has 0 unspecified atom stereocenters. The Hall–Kier alpha value is -3.23. The average molecular weight is 502 g/mol. The molecule has 4 rings (SSSR count). The lowest BCUT2D eigenvalue weighted by molar-refractivity contribution is 0.355. The number of nitrogens with zero attached hydrogens (tertiary/aromatic N) is 2. The van der Waals surface area contributed by atoms with E-state index in [1.807, 2.05) is 22.8 Å². The molecule has 0 saturated carbocycles. The van der Waals surface area contributed by atoms with Crippen LogP contribution < -0.4 is 14.8 Å². The fourth-order valence-electron chi connectivity index (χ4n) is 3.41. The maximum Gasteiger partial charge on any atom is 0.173 e. The van der Waals surface area contributed by atoms with E-state index >= 15 is 0 Å². The van der Waals surface area contributed by atoms with E-state index in [0.717, 1.165) is 17.1 Å². The summed E-state index contributed by atoms with van der Waals surface area (Å²) in [5.74, 6) is 0.843. The molecule has 0 aliphatic heterocycles. The zero-order valence-corrected chi connectivity index (χ0v) is 20.1. The molecule has 176 valence electrons. The molecule has 0 aliphatic rings. The lowest BCUT2D eigenvalue weighted by atomic mass is 10.2. The number of rotatable bonds is 9. The van der Waals surface area contributed by atoms with Crippen LogP contribution in [-0.4, -0.2) is 23.8 Å². The molecule has 0 radical (unpaired) electrons. The Morgan fingerprint density at radius 3 is 2.47 bits per heavy atom. The molecule has 0 atom stereocenters. The zero-order chi connectivity index (χ0) is 24.1. The number of imidazole rings is 1. The van der Waals surface area contributed by atoms with E-state index in [0.29, 0.717) is 39.5 Å². The van der Waals surface area contributed by atoms with Crippen LogP contribution in [0.25, 0.3) is 5.69 Å². The van der Waals surface area contributed by atoms with Crippen molar-refractivity contribution < 1.29 is 18.3 Å². The van der Waals surface area contributed by atoms with Crippen LogP contribution >= 0.6 is 23.4 Å². The van der Waals surface area contributed by atoms with Crippen molar-refractivity contribution in [2.45, 2.75) is 17.5 Å². The van der Waals surface area contributed by atoms with Crippen LogP contribution in [0, 0.1) is 11.6 Å². The molecule has 4 aromatic rings. The number of ether oxygens (including phenoxy) is 2. The standard InChI is InChI=1S/C25H22ClF2N3O2S/c1-32-23-11-8-17(12-24(23)33-2)29-13-19-14-30-25(31(19)18-9-6-16(27)7-10-18)34-15-20-21(26)4-3-5-22(20)28/h3-12,14,29H,13,15H2,1-2H3. The van der Waals surface area contributed by atoms with Crippen molar-refractivity contribution in [3.63, 3.8) is 0 Å². The smallest absolute Gasteiger partial charge is 0.173 e. The van der Waals surface area contributed by atoms with Gasteiger partial charge < -0.3 is 14.8 Å². The van der Waals surface area contributed by atoms with Gasteiger partial charge in [0.1, 0.15) is 11.6 Å². The highest BCUT2D eigenvalue weighted by Gasteiger charge is 2.15. The van der Waals surface area contributed by atoms with Gasteiger partial charge in [0.2, 0.25) is 0 Å². The fourth-order valence-corrected chi connectivity index (χ4v) is 4.76. The number of anilines is 1. The van der Waals surface area contributed by atoms with Gasteiger partial charge in [0.05, 0.1) is 32.7 Å². The predicted octanol–water partition coefficient (Wildman–Crippen LogP) is 6.73. The molecule has 5 nitrogen and oxygen atoms in total. The van der Waals surface area contributed by atoms with E-state index in [2.05, 4.69) is 10.3 Å². The third kappa shape index (κ3) is 5.29. The van der Waals surface area contributed by atoms with E-state index in [-0.39, 0.29) is 11.6 Å². The van der Waals surface area contributed by atoms with Crippen molar-refractivity contribution in [2.75, 3.05) is 19.5 Å². The molecular formula is C25H22ClF2N3O2S. The first-order valence-electron chi connectivity index (χ1n) is 10.3. The second-order valence-electron chi connectivity index (χ2n) is 7.26. The monoisotopic (exact) mass is 501 g/mol. The van der Waals surface area contributed by atoms with Crippen LogP contribution in [0.1, 0.15) is 11.3 Å². The van der Waals surface area contributed by atoms with Crippen molar-refractivity contribution in [1.82, 2.24) is 9.55 Å². The van der Waals surface area contributed by atoms with Gasteiger partial charge in [0.25, 0.3) is 0 Å². The Kier molecular flexibility index (Phi) is 7.59. The summed E-state index contributed by atoms with van der Waals surface area (Å²) in [6, 6.07) is 16.3. The van der Waals surface area contributed by atoms with Gasteiger partial charge in [-0.2, -0.15) is 0 Å². The number of aromatic nitrogens is 2. The first-order valence-corrected chi connectivity index (χ1v) is 11.7. The molecule has 0 fully saturated rings. The summed E-state index contributed by atoms with van der Waals surface area (Å²) in [6.45, 7) is 0.431. The van der Waals surface area contributed by atoms with Crippen LogP contribution in [0.3, 0.4) is 0 Å². The quantitative estimate of drug-likeness (QED) is 0.258. The minimum atomic E-state index is -0.366. The molecular weight excluding hydrogens is 480 g/mol. The van der Waals surface area contributed by atoms with Crippen LogP contribution in [0.4, 0.5) is 14.5 Å². The maximum atomic E-state index is 14.3. The minimum Gasteiger partial charge on any atom is -0.493 e. The lowest BCUT2D eigenvalue weighted by Gasteiger charge is -2.14. The second-order valence-corrected chi connectivity index (χ2v) is 8.61. The highest BCUT2D eigenvalue weighted by Crippen LogP contribution is 2.32. The van der Waals surface area contributed by atoms with Crippen molar-refractivity contribution >= 4 is 29.1 Å².